The van der Waals surface area contributed by atoms with Crippen LogP contribution in [0.4, 0.5) is 13.2 Å². The van der Waals surface area contributed by atoms with Crippen molar-refractivity contribution >= 4 is 11.8 Å². The van der Waals surface area contributed by atoms with Crippen LogP contribution in [0.5, 0.6) is 0 Å². The molecular weight excluding hydrogens is 303 g/mol. The lowest BCUT2D eigenvalue weighted by Crippen LogP contribution is -2.47. The number of alkyl halides is 3. The molecule has 1 saturated heterocycles. The number of likely N-dealkylation sites (tertiary alicyclic amines) is 1. The zero-order chi connectivity index (χ0) is 16.3. The zero-order valence-electron chi connectivity index (χ0n) is 11.9. The molecule has 0 unspecified atom stereocenters. The molecule has 1 N–H and O–H groups in total. The summed E-state index contributed by atoms with van der Waals surface area (Å²) in [6.45, 7) is 1.75. The van der Waals surface area contributed by atoms with Gasteiger partial charge in [0, 0.05) is 25.9 Å². The van der Waals surface area contributed by atoms with Crippen LogP contribution in [0, 0.1) is 12.8 Å². The molecule has 6 nitrogen and oxygen atoms in total. The van der Waals surface area contributed by atoms with E-state index in [1.165, 1.54) is 6.26 Å². The number of amides is 2. The first kappa shape index (κ1) is 16.3. The van der Waals surface area contributed by atoms with Gasteiger partial charge in [-0.2, -0.15) is 13.2 Å². The Morgan fingerprint density at radius 1 is 1.41 bits per heavy atom. The lowest BCUT2D eigenvalue weighted by molar-refractivity contribution is -0.186. The fourth-order valence-electron chi connectivity index (χ4n) is 2.34. The minimum atomic E-state index is -4.86. The van der Waals surface area contributed by atoms with Crippen molar-refractivity contribution in [2.45, 2.75) is 32.5 Å². The van der Waals surface area contributed by atoms with E-state index in [4.69, 9.17) is 4.42 Å². The van der Waals surface area contributed by atoms with Crippen molar-refractivity contribution in [3.05, 3.63) is 17.8 Å². The third-order valence-electron chi connectivity index (χ3n) is 3.51. The van der Waals surface area contributed by atoms with E-state index in [9.17, 15) is 22.8 Å². The van der Waals surface area contributed by atoms with Gasteiger partial charge in [-0.25, -0.2) is 4.98 Å². The average Bonchev–Trinajstić information content (AvgIpc) is 2.89. The molecule has 2 rings (SSSR count). The van der Waals surface area contributed by atoms with Crippen molar-refractivity contribution in [3.63, 3.8) is 0 Å². The van der Waals surface area contributed by atoms with Crippen LogP contribution in [-0.2, 0) is 16.1 Å². The maximum Gasteiger partial charge on any atom is 0.471 e. The number of carbonyl (C=O) groups is 2. The van der Waals surface area contributed by atoms with Gasteiger partial charge in [-0.3, -0.25) is 9.59 Å². The molecule has 1 aliphatic heterocycles. The van der Waals surface area contributed by atoms with E-state index in [1.54, 1.807) is 6.92 Å². The second kappa shape index (κ2) is 6.37. The average molecular weight is 319 g/mol. The highest BCUT2D eigenvalue weighted by Crippen LogP contribution is 2.24. The molecule has 0 aromatic carbocycles. The van der Waals surface area contributed by atoms with Crippen molar-refractivity contribution in [3.8, 4) is 0 Å². The Kier molecular flexibility index (Phi) is 4.72. The molecule has 1 aromatic heterocycles. The molecule has 0 radical (unpaired) electrons. The van der Waals surface area contributed by atoms with Crippen molar-refractivity contribution in [2.75, 3.05) is 13.1 Å². The number of piperidine rings is 1. The molecule has 0 aliphatic carbocycles. The smallest absolute Gasteiger partial charge is 0.449 e. The van der Waals surface area contributed by atoms with Gasteiger partial charge in [-0.1, -0.05) is 0 Å². The molecule has 22 heavy (non-hydrogen) atoms. The van der Waals surface area contributed by atoms with Crippen molar-refractivity contribution in [1.29, 1.82) is 0 Å². The fraction of sp³-hybridized carbons (Fsp3) is 0.615. The quantitative estimate of drug-likeness (QED) is 0.914. The van der Waals surface area contributed by atoms with E-state index in [0.29, 0.717) is 11.6 Å². The first-order valence-corrected chi connectivity index (χ1v) is 6.82. The molecular formula is C13H16F3N3O3. The van der Waals surface area contributed by atoms with Crippen LogP contribution in [-0.4, -0.2) is 41.0 Å². The summed E-state index contributed by atoms with van der Waals surface area (Å²) in [6.07, 6.45) is -3.00. The number of nitrogens with zero attached hydrogens (tertiary/aromatic N) is 2. The highest BCUT2D eigenvalue weighted by Gasteiger charge is 2.43. The molecule has 0 bridgehead atoms. The third-order valence-corrected chi connectivity index (χ3v) is 3.51. The molecule has 9 heteroatoms. The molecule has 2 amide bonds. The lowest BCUT2D eigenvalue weighted by atomic mass is 9.96. The summed E-state index contributed by atoms with van der Waals surface area (Å²) in [5, 5.41) is 2.67. The van der Waals surface area contributed by atoms with Gasteiger partial charge in [0.05, 0.1) is 12.2 Å². The third kappa shape index (κ3) is 3.99. The van der Waals surface area contributed by atoms with E-state index in [2.05, 4.69) is 10.3 Å². The maximum atomic E-state index is 12.3. The Morgan fingerprint density at radius 3 is 2.55 bits per heavy atom. The highest BCUT2D eigenvalue weighted by molar-refractivity contribution is 5.83. The predicted octanol–water partition coefficient (Wildman–Crippen LogP) is 1.40. The number of aromatic nitrogens is 1. The molecule has 1 aliphatic rings. The number of carbonyl (C=O) groups excluding carboxylic acids is 2. The number of oxazole rings is 1. The molecule has 122 valence electrons. The van der Waals surface area contributed by atoms with Crippen LogP contribution in [0.2, 0.25) is 0 Å². The topological polar surface area (TPSA) is 75.4 Å². The first-order chi connectivity index (χ1) is 10.3. The minimum Gasteiger partial charge on any atom is -0.449 e. The second-order valence-electron chi connectivity index (χ2n) is 5.14. The zero-order valence-corrected chi connectivity index (χ0v) is 11.9. The van der Waals surface area contributed by atoms with Gasteiger partial charge in [-0.15, -0.1) is 0 Å². The lowest BCUT2D eigenvalue weighted by Gasteiger charge is -2.31. The van der Waals surface area contributed by atoms with Crippen LogP contribution >= 0.6 is 0 Å². The van der Waals surface area contributed by atoms with Gasteiger partial charge in [0.15, 0.2) is 5.89 Å². The summed E-state index contributed by atoms with van der Waals surface area (Å²) in [4.78, 5) is 27.8. The SMILES string of the molecule is Cc1nc(CNC(=O)C2CCN(C(=O)C(F)(F)F)CC2)co1. The van der Waals surface area contributed by atoms with Crippen LogP contribution in [0.25, 0.3) is 0 Å². The van der Waals surface area contributed by atoms with E-state index in [-0.39, 0.29) is 38.4 Å². The fourth-order valence-corrected chi connectivity index (χ4v) is 2.34. The monoisotopic (exact) mass is 319 g/mol. The standard InChI is InChI=1S/C13H16F3N3O3/c1-8-18-10(7-22-8)6-17-11(20)9-2-4-19(5-3-9)12(21)13(14,15)16/h7,9H,2-6H2,1H3,(H,17,20). The van der Waals surface area contributed by atoms with E-state index >= 15 is 0 Å². The second-order valence-corrected chi connectivity index (χ2v) is 5.14. The summed E-state index contributed by atoms with van der Waals surface area (Å²) >= 11 is 0. The van der Waals surface area contributed by atoms with Gasteiger partial charge < -0.3 is 14.6 Å². The molecule has 2 heterocycles. The molecule has 1 fully saturated rings. The number of nitrogens with one attached hydrogen (secondary N) is 1. The number of hydrogen-bond donors (Lipinski definition) is 1. The molecule has 0 saturated carbocycles. The summed E-state index contributed by atoms with van der Waals surface area (Å²) in [6, 6.07) is 0. The van der Waals surface area contributed by atoms with Crippen LogP contribution in [0.3, 0.4) is 0 Å². The molecule has 0 spiro atoms. The van der Waals surface area contributed by atoms with Gasteiger partial charge in [-0.05, 0) is 12.8 Å². The highest BCUT2D eigenvalue weighted by atomic mass is 19.4. The number of hydrogen-bond acceptors (Lipinski definition) is 4. The van der Waals surface area contributed by atoms with Crippen LogP contribution in [0.1, 0.15) is 24.4 Å². The number of rotatable bonds is 3. The summed E-state index contributed by atoms with van der Waals surface area (Å²) < 4.78 is 41.9. The van der Waals surface area contributed by atoms with Crippen molar-refractivity contribution < 1.29 is 27.2 Å². The minimum absolute atomic E-state index is 0.0699. The van der Waals surface area contributed by atoms with Crippen LogP contribution < -0.4 is 5.32 Å². The largest absolute Gasteiger partial charge is 0.471 e. The number of halogens is 3. The van der Waals surface area contributed by atoms with E-state index in [0.717, 1.165) is 4.90 Å². The van der Waals surface area contributed by atoms with Gasteiger partial charge in [0.25, 0.3) is 0 Å². The van der Waals surface area contributed by atoms with Crippen molar-refractivity contribution in [1.82, 2.24) is 15.2 Å². The van der Waals surface area contributed by atoms with E-state index < -0.39 is 18.0 Å². The van der Waals surface area contributed by atoms with Gasteiger partial charge >= 0.3 is 12.1 Å². The summed E-state index contributed by atoms with van der Waals surface area (Å²) in [5.41, 5.74) is 0.579. The van der Waals surface area contributed by atoms with Gasteiger partial charge in [0.2, 0.25) is 5.91 Å². The summed E-state index contributed by atoms with van der Waals surface area (Å²) in [5.74, 6) is -2.00. The summed E-state index contributed by atoms with van der Waals surface area (Å²) in [7, 11) is 0. The predicted molar refractivity (Wildman–Crippen MR) is 68.4 cm³/mol. The Balaban J connectivity index is 1.79. The maximum absolute atomic E-state index is 12.3. The molecule has 1 aromatic rings. The Morgan fingerprint density at radius 2 is 2.05 bits per heavy atom. The van der Waals surface area contributed by atoms with Gasteiger partial charge in [0.1, 0.15) is 6.26 Å². The normalized spacial score (nSPS) is 16.6. The Bertz CT molecular complexity index is 548. The first-order valence-electron chi connectivity index (χ1n) is 6.82. The Hall–Kier alpha value is -2.06. The molecule has 0 atom stereocenters. The van der Waals surface area contributed by atoms with E-state index in [1.807, 2.05) is 0 Å². The number of aryl methyl sites for hydroxylation is 1. The van der Waals surface area contributed by atoms with Crippen molar-refractivity contribution in [2.24, 2.45) is 5.92 Å². The van der Waals surface area contributed by atoms with Crippen LogP contribution in [0.15, 0.2) is 10.7 Å². The Labute approximate surface area is 124 Å².